The normalized spacial score (nSPS) is 10.3. The lowest BCUT2D eigenvalue weighted by Crippen LogP contribution is -2.19. The van der Waals surface area contributed by atoms with Gasteiger partial charge in [0.05, 0.1) is 0 Å². The number of rotatable bonds is 3. The molecule has 0 aliphatic heterocycles. The first-order chi connectivity index (χ1) is 8.56. The van der Waals surface area contributed by atoms with E-state index >= 15 is 0 Å². The number of fused-ring (bicyclic) bond motifs is 1. The Kier molecular flexibility index (Phi) is 3.23. The van der Waals surface area contributed by atoms with E-state index in [1.165, 1.54) is 0 Å². The molecule has 0 fully saturated rings. The number of aryl methyl sites for hydroxylation is 1. The van der Waals surface area contributed by atoms with Crippen molar-refractivity contribution >= 4 is 16.7 Å². The number of esters is 1. The summed E-state index contributed by atoms with van der Waals surface area (Å²) in [6, 6.07) is 10.9. The minimum absolute atomic E-state index is 0.319. The molecule has 5 nitrogen and oxygen atoms in total. The molecular formula is C13H11NO4. The highest BCUT2D eigenvalue weighted by Crippen LogP contribution is 2.23. The number of hydrogen-bond acceptors (Lipinski definition) is 4. The van der Waals surface area contributed by atoms with Crippen LogP contribution in [0.15, 0.2) is 36.4 Å². The summed E-state index contributed by atoms with van der Waals surface area (Å²) in [6.07, 6.45) is 0. The average Bonchev–Trinajstić information content (AvgIpc) is 2.27. The van der Waals surface area contributed by atoms with Crippen LogP contribution in [-0.2, 0) is 4.79 Å². The van der Waals surface area contributed by atoms with Gasteiger partial charge in [0.25, 0.3) is 6.54 Å². The Morgan fingerprint density at radius 3 is 2.83 bits per heavy atom. The largest absolute Gasteiger partial charge is 0.422 e. The van der Waals surface area contributed by atoms with Crippen molar-refractivity contribution in [1.29, 1.82) is 0 Å². The van der Waals surface area contributed by atoms with Gasteiger partial charge in [-0.3, -0.25) is 10.1 Å². The van der Waals surface area contributed by atoms with E-state index < -0.39 is 17.4 Å². The molecule has 0 radical (unpaired) electrons. The van der Waals surface area contributed by atoms with Gasteiger partial charge in [0.2, 0.25) is 0 Å². The van der Waals surface area contributed by atoms with Gasteiger partial charge >= 0.3 is 5.97 Å². The molecule has 0 atom stereocenters. The van der Waals surface area contributed by atoms with E-state index in [9.17, 15) is 14.9 Å². The molecule has 92 valence electrons. The average molecular weight is 245 g/mol. The van der Waals surface area contributed by atoms with E-state index in [2.05, 4.69) is 0 Å². The molecule has 0 heterocycles. The topological polar surface area (TPSA) is 69.4 Å². The van der Waals surface area contributed by atoms with Crippen molar-refractivity contribution in [2.45, 2.75) is 6.92 Å². The highest BCUT2D eigenvalue weighted by atomic mass is 16.6. The standard InChI is InChI=1S/C13H11NO4/c1-9-3-2-4-10-7-11(5-6-12(9)10)18-13(15)8-14(16)17/h2-7H,8H2,1H3. The number of carbonyl (C=O) groups is 1. The van der Waals surface area contributed by atoms with E-state index in [0.717, 1.165) is 16.3 Å². The smallest absolute Gasteiger partial charge is 0.383 e. The lowest BCUT2D eigenvalue weighted by atomic mass is 10.1. The van der Waals surface area contributed by atoms with Gasteiger partial charge < -0.3 is 4.74 Å². The summed E-state index contributed by atoms with van der Waals surface area (Å²) in [5, 5.41) is 12.2. The Labute approximate surface area is 103 Å². The van der Waals surface area contributed by atoms with Crippen molar-refractivity contribution in [2.75, 3.05) is 6.54 Å². The van der Waals surface area contributed by atoms with E-state index in [4.69, 9.17) is 4.74 Å². The number of ether oxygens (including phenoxy) is 1. The van der Waals surface area contributed by atoms with Gasteiger partial charge in [-0.1, -0.05) is 24.3 Å². The summed E-state index contributed by atoms with van der Waals surface area (Å²) >= 11 is 0. The zero-order valence-electron chi connectivity index (χ0n) is 9.75. The van der Waals surface area contributed by atoms with E-state index in [-0.39, 0.29) is 0 Å². The second kappa shape index (κ2) is 4.83. The van der Waals surface area contributed by atoms with Crippen LogP contribution in [0.25, 0.3) is 10.8 Å². The molecule has 0 bridgehead atoms. The summed E-state index contributed by atoms with van der Waals surface area (Å²) < 4.78 is 4.89. The van der Waals surface area contributed by atoms with Gasteiger partial charge in [-0.15, -0.1) is 0 Å². The van der Waals surface area contributed by atoms with Crippen molar-refractivity contribution in [1.82, 2.24) is 0 Å². The van der Waals surface area contributed by atoms with Gasteiger partial charge in [0.15, 0.2) is 0 Å². The number of carbonyl (C=O) groups excluding carboxylic acids is 1. The van der Waals surface area contributed by atoms with E-state index in [1.54, 1.807) is 12.1 Å². The molecule has 2 aromatic carbocycles. The molecule has 2 rings (SSSR count). The Bertz CT molecular complexity index is 621. The Morgan fingerprint density at radius 1 is 1.33 bits per heavy atom. The molecule has 0 aliphatic rings. The third-order valence-corrected chi connectivity index (χ3v) is 2.56. The number of nitro groups is 1. The van der Waals surface area contributed by atoms with E-state index in [0.29, 0.717) is 5.75 Å². The summed E-state index contributed by atoms with van der Waals surface area (Å²) in [5.74, 6) is -0.549. The predicted octanol–water partition coefficient (Wildman–Crippen LogP) is 2.33. The van der Waals surface area contributed by atoms with Crippen LogP contribution in [0.2, 0.25) is 0 Å². The lowest BCUT2D eigenvalue weighted by molar-refractivity contribution is -0.469. The molecule has 0 unspecified atom stereocenters. The fourth-order valence-electron chi connectivity index (χ4n) is 1.76. The fourth-order valence-corrected chi connectivity index (χ4v) is 1.76. The van der Waals surface area contributed by atoms with Gasteiger partial charge in [-0.05, 0) is 35.4 Å². The van der Waals surface area contributed by atoms with Crippen LogP contribution in [-0.4, -0.2) is 17.4 Å². The maximum atomic E-state index is 11.2. The van der Waals surface area contributed by atoms with Crippen LogP contribution in [0.4, 0.5) is 0 Å². The molecule has 0 amide bonds. The van der Waals surface area contributed by atoms with Crippen LogP contribution >= 0.6 is 0 Å². The maximum absolute atomic E-state index is 11.2. The summed E-state index contributed by atoms with van der Waals surface area (Å²) in [6.45, 7) is 1.16. The minimum atomic E-state index is -0.869. The fraction of sp³-hybridized carbons (Fsp3) is 0.154. The SMILES string of the molecule is Cc1cccc2cc(OC(=O)C[N+](=O)[O-])ccc12. The molecular weight excluding hydrogens is 234 g/mol. The van der Waals surface area contributed by atoms with Crippen LogP contribution < -0.4 is 4.74 Å². The zero-order valence-corrected chi connectivity index (χ0v) is 9.75. The van der Waals surface area contributed by atoms with Crippen molar-refractivity contribution in [2.24, 2.45) is 0 Å². The monoisotopic (exact) mass is 245 g/mol. The molecule has 18 heavy (non-hydrogen) atoms. The summed E-state index contributed by atoms with van der Waals surface area (Å²) in [5.41, 5.74) is 1.12. The maximum Gasteiger partial charge on any atom is 0.383 e. The van der Waals surface area contributed by atoms with Crippen LogP contribution in [0.3, 0.4) is 0 Å². The highest BCUT2D eigenvalue weighted by molar-refractivity contribution is 5.87. The molecule has 0 saturated heterocycles. The van der Waals surface area contributed by atoms with Crippen LogP contribution in [0, 0.1) is 17.0 Å². The number of benzene rings is 2. The highest BCUT2D eigenvalue weighted by Gasteiger charge is 2.12. The van der Waals surface area contributed by atoms with Gasteiger partial charge in [-0.25, -0.2) is 4.79 Å². The number of hydrogen-bond donors (Lipinski definition) is 0. The molecule has 0 aromatic heterocycles. The first-order valence-electron chi connectivity index (χ1n) is 5.38. The Hall–Kier alpha value is -2.43. The summed E-state index contributed by atoms with van der Waals surface area (Å²) in [4.78, 5) is 20.6. The van der Waals surface area contributed by atoms with Gasteiger partial charge in [-0.2, -0.15) is 0 Å². The first kappa shape index (κ1) is 12.0. The van der Waals surface area contributed by atoms with E-state index in [1.807, 2.05) is 31.2 Å². The molecule has 0 N–H and O–H groups in total. The molecule has 0 saturated carbocycles. The molecule has 0 aliphatic carbocycles. The van der Waals surface area contributed by atoms with Crippen LogP contribution in [0.1, 0.15) is 5.56 Å². The minimum Gasteiger partial charge on any atom is -0.422 e. The molecule has 0 spiro atoms. The first-order valence-corrected chi connectivity index (χ1v) is 5.38. The molecule has 5 heteroatoms. The summed E-state index contributed by atoms with van der Waals surface area (Å²) in [7, 11) is 0. The Balaban J connectivity index is 2.25. The zero-order chi connectivity index (χ0) is 13.1. The second-order valence-corrected chi connectivity index (χ2v) is 3.92. The quantitative estimate of drug-likeness (QED) is 0.360. The van der Waals surface area contributed by atoms with Gasteiger partial charge in [0, 0.05) is 4.92 Å². The predicted molar refractivity (Wildman–Crippen MR) is 66.2 cm³/mol. The van der Waals surface area contributed by atoms with Crippen molar-refractivity contribution in [3.05, 3.63) is 52.1 Å². The second-order valence-electron chi connectivity index (χ2n) is 3.92. The van der Waals surface area contributed by atoms with Crippen molar-refractivity contribution < 1.29 is 14.5 Å². The number of nitrogens with zero attached hydrogens (tertiary/aromatic N) is 1. The lowest BCUT2D eigenvalue weighted by Gasteiger charge is -2.05. The Morgan fingerprint density at radius 2 is 2.11 bits per heavy atom. The third kappa shape index (κ3) is 2.63. The van der Waals surface area contributed by atoms with Gasteiger partial charge in [0.1, 0.15) is 5.75 Å². The van der Waals surface area contributed by atoms with Crippen molar-refractivity contribution in [3.63, 3.8) is 0 Å². The van der Waals surface area contributed by atoms with Crippen LogP contribution in [0.5, 0.6) is 5.75 Å². The molecule has 2 aromatic rings. The van der Waals surface area contributed by atoms with Crippen molar-refractivity contribution in [3.8, 4) is 5.75 Å². The third-order valence-electron chi connectivity index (χ3n) is 2.56.